The number of ether oxygens (including phenoxy) is 2. The van der Waals surface area contributed by atoms with E-state index in [-0.39, 0.29) is 28.5 Å². The molecule has 0 saturated heterocycles. The number of aromatic nitrogens is 2. The van der Waals surface area contributed by atoms with E-state index in [0.717, 1.165) is 16.9 Å². The lowest BCUT2D eigenvalue weighted by Crippen LogP contribution is -2.28. The van der Waals surface area contributed by atoms with Crippen LogP contribution in [0.5, 0.6) is 11.5 Å². The molecule has 2 amide bonds. The Labute approximate surface area is 197 Å². The lowest BCUT2D eigenvalue weighted by molar-refractivity contribution is -0.119. The second-order valence-corrected chi connectivity index (χ2v) is 9.19. The van der Waals surface area contributed by atoms with Crippen molar-refractivity contribution in [1.29, 1.82) is 0 Å². The van der Waals surface area contributed by atoms with Crippen LogP contribution < -0.4 is 20.1 Å². The number of rotatable bonds is 8. The van der Waals surface area contributed by atoms with E-state index in [1.807, 2.05) is 25.1 Å². The Balaban J connectivity index is 1.22. The summed E-state index contributed by atoms with van der Waals surface area (Å²) in [6.07, 6.45) is 0. The average Bonchev–Trinajstić information content (AvgIpc) is 3.29. The first-order valence-corrected chi connectivity index (χ1v) is 12.1. The maximum Gasteiger partial charge on any atom is 0.286 e. The van der Waals surface area contributed by atoms with Crippen LogP contribution in [0.3, 0.4) is 0 Å². The van der Waals surface area contributed by atoms with E-state index < -0.39 is 5.91 Å². The molecule has 1 atom stereocenters. The monoisotopic (exact) mass is 488 g/mol. The first-order valence-electron chi connectivity index (χ1n) is 10.1. The van der Waals surface area contributed by atoms with Crippen LogP contribution in [-0.4, -0.2) is 41.0 Å². The molecule has 1 aromatic heterocycles. The molecule has 0 unspecified atom stereocenters. The Morgan fingerprint density at radius 1 is 1.12 bits per heavy atom. The Morgan fingerprint density at radius 3 is 2.67 bits per heavy atom. The smallest absolute Gasteiger partial charge is 0.286 e. The Bertz CT molecular complexity index is 1140. The number of carbonyl (C=O) groups is 2. The molecular weight excluding hydrogens is 467 g/mol. The lowest BCUT2D eigenvalue weighted by atomic mass is 10.1. The van der Waals surface area contributed by atoms with Crippen molar-refractivity contribution in [1.82, 2.24) is 15.5 Å². The highest BCUT2D eigenvalue weighted by atomic mass is 32.2. The molecule has 1 aliphatic rings. The van der Waals surface area contributed by atoms with Gasteiger partial charge in [0.25, 0.3) is 5.91 Å². The predicted molar refractivity (Wildman–Crippen MR) is 124 cm³/mol. The molecule has 4 rings (SSSR count). The van der Waals surface area contributed by atoms with E-state index in [0.29, 0.717) is 41.2 Å². The number of benzene rings is 2. The van der Waals surface area contributed by atoms with E-state index in [1.54, 1.807) is 0 Å². The van der Waals surface area contributed by atoms with Gasteiger partial charge in [-0.2, -0.15) is 0 Å². The summed E-state index contributed by atoms with van der Waals surface area (Å²) in [4.78, 5) is 24.6. The van der Waals surface area contributed by atoms with Gasteiger partial charge in [-0.3, -0.25) is 9.59 Å². The summed E-state index contributed by atoms with van der Waals surface area (Å²) in [7, 11) is 0. The molecule has 0 radical (unpaired) electrons. The molecule has 3 aromatic rings. The molecule has 0 spiro atoms. The van der Waals surface area contributed by atoms with Crippen LogP contribution in [-0.2, 0) is 10.5 Å². The van der Waals surface area contributed by atoms with Gasteiger partial charge in [-0.05, 0) is 48.9 Å². The van der Waals surface area contributed by atoms with Gasteiger partial charge in [0.1, 0.15) is 24.0 Å². The summed E-state index contributed by atoms with van der Waals surface area (Å²) in [5, 5.41) is 14.4. The molecule has 11 heteroatoms. The average molecular weight is 489 g/mol. The first kappa shape index (κ1) is 23.0. The maximum absolute atomic E-state index is 13.0. The molecule has 2 aromatic carbocycles. The minimum absolute atomic E-state index is 0.110. The molecule has 0 bridgehead atoms. The number of anilines is 1. The normalized spacial score (nSPS) is 13.3. The zero-order valence-corrected chi connectivity index (χ0v) is 19.3. The molecule has 1 aliphatic heterocycles. The van der Waals surface area contributed by atoms with Gasteiger partial charge in [0.2, 0.25) is 10.9 Å². The SMILES string of the molecule is C[C@@H](NC(=O)CSCc1nnc(C(=O)Nc2ccc(F)cc2)s1)c1ccc2c(c1)OCCO2. The summed E-state index contributed by atoms with van der Waals surface area (Å²) in [5.74, 6) is 1.18. The van der Waals surface area contributed by atoms with Crippen LogP contribution in [0.15, 0.2) is 42.5 Å². The molecule has 0 saturated carbocycles. The Hall–Kier alpha value is -3.18. The Morgan fingerprint density at radius 2 is 1.88 bits per heavy atom. The number of halogens is 1. The minimum Gasteiger partial charge on any atom is -0.486 e. The van der Waals surface area contributed by atoms with Crippen molar-refractivity contribution >= 4 is 40.6 Å². The highest BCUT2D eigenvalue weighted by Gasteiger charge is 2.17. The summed E-state index contributed by atoms with van der Waals surface area (Å²) >= 11 is 2.54. The highest BCUT2D eigenvalue weighted by molar-refractivity contribution is 7.99. The second-order valence-electron chi connectivity index (χ2n) is 7.15. The van der Waals surface area contributed by atoms with Crippen LogP contribution in [0.4, 0.5) is 10.1 Å². The van der Waals surface area contributed by atoms with Crippen LogP contribution in [0.25, 0.3) is 0 Å². The van der Waals surface area contributed by atoms with Crippen molar-refractivity contribution in [2.24, 2.45) is 0 Å². The summed E-state index contributed by atoms with van der Waals surface area (Å²) in [5.41, 5.74) is 1.40. The van der Waals surface area contributed by atoms with Crippen molar-refractivity contribution in [3.05, 3.63) is 63.9 Å². The number of hydrogen-bond acceptors (Lipinski definition) is 8. The van der Waals surface area contributed by atoms with Crippen molar-refractivity contribution < 1.29 is 23.5 Å². The van der Waals surface area contributed by atoms with Gasteiger partial charge in [-0.25, -0.2) is 4.39 Å². The fourth-order valence-electron chi connectivity index (χ4n) is 3.05. The third kappa shape index (κ3) is 6.20. The van der Waals surface area contributed by atoms with Crippen molar-refractivity contribution in [3.8, 4) is 11.5 Å². The highest BCUT2D eigenvalue weighted by Crippen LogP contribution is 2.32. The fraction of sp³-hybridized carbons (Fsp3) is 0.273. The number of hydrogen-bond donors (Lipinski definition) is 2. The van der Waals surface area contributed by atoms with Gasteiger partial charge >= 0.3 is 0 Å². The molecule has 2 N–H and O–H groups in total. The third-order valence-corrected chi connectivity index (χ3v) is 6.71. The van der Waals surface area contributed by atoms with Crippen molar-refractivity contribution in [2.45, 2.75) is 18.7 Å². The van der Waals surface area contributed by atoms with E-state index in [9.17, 15) is 14.0 Å². The van der Waals surface area contributed by atoms with Crippen LogP contribution in [0, 0.1) is 5.82 Å². The number of nitrogens with one attached hydrogen (secondary N) is 2. The van der Waals surface area contributed by atoms with Gasteiger partial charge in [0.05, 0.1) is 11.8 Å². The topological polar surface area (TPSA) is 102 Å². The molecular formula is C22H21FN4O4S2. The predicted octanol–water partition coefficient (Wildman–Crippen LogP) is 3.81. The molecule has 0 fully saturated rings. The fourth-order valence-corrected chi connectivity index (χ4v) is 4.67. The second kappa shape index (κ2) is 10.6. The third-order valence-electron chi connectivity index (χ3n) is 4.67. The zero-order valence-electron chi connectivity index (χ0n) is 17.7. The van der Waals surface area contributed by atoms with Gasteiger partial charge in [0.15, 0.2) is 11.5 Å². The number of carbonyl (C=O) groups excluding carboxylic acids is 2. The van der Waals surface area contributed by atoms with Crippen molar-refractivity contribution in [2.75, 3.05) is 24.3 Å². The van der Waals surface area contributed by atoms with Crippen LogP contribution in [0.1, 0.15) is 33.3 Å². The van der Waals surface area contributed by atoms with E-state index in [4.69, 9.17) is 9.47 Å². The maximum atomic E-state index is 13.0. The van der Waals surface area contributed by atoms with E-state index in [2.05, 4.69) is 20.8 Å². The number of nitrogens with zero attached hydrogens (tertiary/aromatic N) is 2. The number of thioether (sulfide) groups is 1. The van der Waals surface area contributed by atoms with Gasteiger partial charge in [-0.1, -0.05) is 17.4 Å². The number of fused-ring (bicyclic) bond motifs is 1. The van der Waals surface area contributed by atoms with E-state index >= 15 is 0 Å². The standard InChI is InChI=1S/C22H21FN4O4S2/c1-13(14-2-7-17-18(10-14)31-9-8-30-17)24-19(28)11-32-12-20-26-27-22(33-20)21(29)25-16-5-3-15(23)4-6-16/h2-7,10,13H,8-9,11-12H2,1H3,(H,24,28)(H,25,29)/t13-/m1/s1. The van der Waals surface area contributed by atoms with Crippen LogP contribution >= 0.6 is 23.1 Å². The molecule has 2 heterocycles. The zero-order chi connectivity index (χ0) is 23.2. The quantitative estimate of drug-likeness (QED) is 0.497. The van der Waals surface area contributed by atoms with Gasteiger partial charge in [0, 0.05) is 11.4 Å². The molecule has 33 heavy (non-hydrogen) atoms. The first-order chi connectivity index (χ1) is 16.0. The summed E-state index contributed by atoms with van der Waals surface area (Å²) < 4.78 is 24.1. The summed E-state index contributed by atoms with van der Waals surface area (Å²) in [6.45, 7) is 2.95. The lowest BCUT2D eigenvalue weighted by Gasteiger charge is -2.21. The molecule has 172 valence electrons. The Kier molecular flexibility index (Phi) is 7.40. The summed E-state index contributed by atoms with van der Waals surface area (Å²) in [6, 6.07) is 10.9. The molecule has 8 nitrogen and oxygen atoms in total. The number of amides is 2. The minimum atomic E-state index is -0.415. The largest absolute Gasteiger partial charge is 0.486 e. The molecule has 0 aliphatic carbocycles. The van der Waals surface area contributed by atoms with E-state index in [1.165, 1.54) is 36.0 Å². The van der Waals surface area contributed by atoms with Crippen LogP contribution in [0.2, 0.25) is 0 Å². The van der Waals surface area contributed by atoms with Gasteiger partial charge < -0.3 is 20.1 Å². The van der Waals surface area contributed by atoms with Crippen molar-refractivity contribution in [3.63, 3.8) is 0 Å². The van der Waals surface area contributed by atoms with Gasteiger partial charge in [-0.15, -0.1) is 22.0 Å².